The van der Waals surface area contributed by atoms with Crippen molar-refractivity contribution in [2.75, 3.05) is 56.4 Å². The summed E-state index contributed by atoms with van der Waals surface area (Å²) in [5.74, 6) is 0.259. The lowest BCUT2D eigenvalue weighted by Gasteiger charge is -2.12. The molecule has 2 aliphatic rings. The van der Waals surface area contributed by atoms with Gasteiger partial charge in [-0.05, 0) is 72.8 Å². The van der Waals surface area contributed by atoms with Crippen LogP contribution >= 0.6 is 0 Å². The third kappa shape index (κ3) is 6.75. The molecule has 9 rings (SSSR count). The van der Waals surface area contributed by atoms with Crippen LogP contribution < -0.4 is 0 Å². The number of aromatic amines is 2. The molecule has 0 atom stereocenters. The average molecular weight is 943 g/mol. The third-order valence-electron chi connectivity index (χ3n) is 10.8. The van der Waals surface area contributed by atoms with E-state index in [1.54, 1.807) is 24.3 Å². The van der Waals surface area contributed by atoms with Crippen molar-refractivity contribution >= 4 is 84.2 Å². The minimum atomic E-state index is -3.97. The number of nitrogens with zero attached hydrogens (tertiary/aromatic N) is 10. The van der Waals surface area contributed by atoms with Gasteiger partial charge in [-0.25, -0.2) is 80.8 Å². The zero-order valence-corrected chi connectivity index (χ0v) is 38.6. The second kappa shape index (κ2) is 14.7. The summed E-state index contributed by atoms with van der Waals surface area (Å²) in [6.45, 7) is 0. The van der Waals surface area contributed by atoms with Gasteiger partial charge in [-0.1, -0.05) is 0 Å². The summed E-state index contributed by atoms with van der Waals surface area (Å²) < 4.78 is 112. The highest BCUT2D eigenvalue weighted by atomic mass is 32.2. The number of hydrogen-bond donors (Lipinski definition) is 2. The molecule has 8 bridgehead atoms. The van der Waals surface area contributed by atoms with E-state index in [9.17, 15) is 33.7 Å². The van der Waals surface area contributed by atoms with Crippen LogP contribution in [-0.4, -0.2) is 147 Å². The number of benzene rings is 4. The van der Waals surface area contributed by atoms with E-state index in [1.165, 1.54) is 105 Å². The Morgan fingerprint density at radius 1 is 0.328 bits per heavy atom. The normalized spacial score (nSPS) is 13.4. The lowest BCUT2D eigenvalue weighted by atomic mass is 10.1. The van der Waals surface area contributed by atoms with Gasteiger partial charge in [0.1, 0.15) is 22.6 Å². The molecule has 0 unspecified atom stereocenters. The van der Waals surface area contributed by atoms with E-state index in [4.69, 9.17) is 29.9 Å². The van der Waals surface area contributed by atoms with Gasteiger partial charge in [0.25, 0.3) is 0 Å². The SMILES string of the molecule is CN(C)S(=O)(=O)c1ccc2c(c1)-c1nc-2nc2[nH]c(nc3nc(nc4[nH]c(n1)c1ccc(S(=O)(=O)N(C)C)cc41)-c1cc(S(=O)(=O)N(C)C)ccc1-3)c1cc(S(=O)(=O)N(C)C)ccc21. The molecule has 3 aromatic heterocycles. The molecular weight excluding hydrogens is 905 g/mol. The Kier molecular flexibility index (Phi) is 9.92. The van der Waals surface area contributed by atoms with E-state index in [2.05, 4.69) is 9.97 Å². The summed E-state index contributed by atoms with van der Waals surface area (Å²) in [7, 11) is -4.57. The van der Waals surface area contributed by atoms with E-state index >= 15 is 0 Å². The summed E-state index contributed by atoms with van der Waals surface area (Å²) in [5.41, 5.74) is 1.99. The predicted octanol–water partition coefficient (Wildman–Crippen LogP) is 3.87. The first-order valence-corrected chi connectivity index (χ1v) is 24.9. The lowest BCUT2D eigenvalue weighted by molar-refractivity contribution is 0.520. The van der Waals surface area contributed by atoms with Crippen LogP contribution in [-0.2, 0) is 40.1 Å². The summed E-state index contributed by atoms with van der Waals surface area (Å²) in [6, 6.07) is 17.7. The van der Waals surface area contributed by atoms with Gasteiger partial charge in [-0.2, -0.15) is 0 Å². The maximum absolute atomic E-state index is 13.4. The van der Waals surface area contributed by atoms with Crippen molar-refractivity contribution in [3.05, 3.63) is 72.8 Å². The Hall–Kier alpha value is -6.12. The van der Waals surface area contributed by atoms with E-state index in [-0.39, 0.29) is 71.0 Å². The predicted molar refractivity (Wildman–Crippen MR) is 240 cm³/mol. The number of hydrogen-bond acceptors (Lipinski definition) is 14. The molecule has 64 heavy (non-hydrogen) atoms. The number of nitrogens with one attached hydrogen (secondary N) is 2. The number of sulfonamides is 4. The zero-order valence-electron chi connectivity index (χ0n) is 35.3. The standard InChI is InChI=1S/C40H38N12O8S4/c1-49(2)61(53,54)21-9-13-25-29(17-21)37-42-33(25)41-34-26-14-10-22(62(55,56)50(3)4)18-30(26)38(43-34)45-36-28-16-12-24(64(59,60)52(7)8)20-32(28)40(47-36)48-39-31-19-23(63(57,58)51(5)6)11-15-27(31)35(44-37)46-39/h9-20H,1-8H3,(H2,41,42,43,44,45,46,47,48). The number of fused-ring (bicyclic) bond motifs is 20. The second-order valence-corrected chi connectivity index (χ2v) is 24.2. The molecule has 2 aliphatic heterocycles. The van der Waals surface area contributed by atoms with E-state index in [0.29, 0.717) is 38.2 Å². The monoisotopic (exact) mass is 942 g/mol. The number of H-pyrrole nitrogens is 2. The second-order valence-electron chi connectivity index (χ2n) is 15.6. The van der Waals surface area contributed by atoms with Crippen LogP contribution in [0.15, 0.2) is 92.4 Å². The average Bonchev–Trinajstić information content (AvgIpc) is 3.97. The minimum absolute atomic E-state index is 0.00146. The fourth-order valence-electron chi connectivity index (χ4n) is 7.20. The summed E-state index contributed by atoms with van der Waals surface area (Å²) in [6.07, 6.45) is 0. The van der Waals surface area contributed by atoms with Gasteiger partial charge in [-0.3, -0.25) is 0 Å². The highest BCUT2D eigenvalue weighted by molar-refractivity contribution is 7.90. The molecule has 2 N–H and O–H groups in total. The first-order chi connectivity index (χ1) is 30.0. The molecule has 0 radical (unpaired) electrons. The molecule has 0 saturated heterocycles. The molecule has 0 fully saturated rings. The zero-order chi connectivity index (χ0) is 46.0. The first kappa shape index (κ1) is 43.1. The molecule has 20 nitrogen and oxygen atoms in total. The highest BCUT2D eigenvalue weighted by Crippen LogP contribution is 2.39. The fraction of sp³-hybridized carbons (Fsp3) is 0.200. The Labute approximate surface area is 367 Å². The molecule has 4 aromatic carbocycles. The molecule has 0 aliphatic carbocycles. The maximum atomic E-state index is 13.4. The maximum Gasteiger partial charge on any atom is 0.242 e. The molecule has 0 amide bonds. The summed E-state index contributed by atoms with van der Waals surface area (Å²) in [5, 5.41) is 1.49. The highest BCUT2D eigenvalue weighted by Gasteiger charge is 2.29. The van der Waals surface area contributed by atoms with Gasteiger partial charge in [0.15, 0.2) is 23.3 Å². The summed E-state index contributed by atoms with van der Waals surface area (Å²) in [4.78, 5) is 35.4. The van der Waals surface area contributed by atoms with Gasteiger partial charge >= 0.3 is 0 Å². The smallest absolute Gasteiger partial charge is 0.242 e. The van der Waals surface area contributed by atoms with Crippen LogP contribution in [0, 0.1) is 0 Å². The van der Waals surface area contributed by atoms with Crippen LogP contribution in [0.1, 0.15) is 0 Å². The molecular formula is C40H38N12O8S4. The quantitative estimate of drug-likeness (QED) is 0.219. The van der Waals surface area contributed by atoms with Crippen LogP contribution in [0.3, 0.4) is 0 Å². The van der Waals surface area contributed by atoms with Crippen molar-refractivity contribution in [3.8, 4) is 45.6 Å². The third-order valence-corrected chi connectivity index (χ3v) is 18.1. The van der Waals surface area contributed by atoms with Gasteiger partial charge in [0.2, 0.25) is 40.1 Å². The van der Waals surface area contributed by atoms with Gasteiger partial charge in [0, 0.05) is 100 Å². The van der Waals surface area contributed by atoms with E-state index in [0.717, 1.165) is 17.2 Å². The Morgan fingerprint density at radius 2 is 0.594 bits per heavy atom. The van der Waals surface area contributed by atoms with Crippen LogP contribution in [0.5, 0.6) is 0 Å². The first-order valence-electron chi connectivity index (χ1n) is 19.1. The van der Waals surface area contributed by atoms with Crippen LogP contribution in [0.4, 0.5) is 0 Å². The molecule has 0 saturated carbocycles. The molecule has 330 valence electrons. The van der Waals surface area contributed by atoms with Crippen molar-refractivity contribution in [1.29, 1.82) is 0 Å². The topological polar surface area (TPSA) is 258 Å². The Balaban J connectivity index is 1.48. The molecule has 24 heteroatoms. The fourth-order valence-corrected chi connectivity index (χ4v) is 10.9. The van der Waals surface area contributed by atoms with E-state index < -0.39 is 40.1 Å². The van der Waals surface area contributed by atoms with Crippen molar-refractivity contribution in [1.82, 2.24) is 57.1 Å². The van der Waals surface area contributed by atoms with Gasteiger partial charge < -0.3 is 9.97 Å². The van der Waals surface area contributed by atoms with Crippen molar-refractivity contribution in [2.24, 2.45) is 0 Å². The van der Waals surface area contributed by atoms with Crippen LogP contribution in [0.2, 0.25) is 0 Å². The minimum Gasteiger partial charge on any atom is -0.324 e. The Bertz CT molecular complexity index is 3830. The summed E-state index contributed by atoms with van der Waals surface area (Å²) >= 11 is 0. The number of aromatic nitrogens is 8. The number of rotatable bonds is 8. The van der Waals surface area contributed by atoms with Crippen molar-refractivity contribution in [3.63, 3.8) is 0 Å². The van der Waals surface area contributed by atoms with E-state index in [1.807, 2.05) is 0 Å². The Morgan fingerprint density at radius 3 is 0.906 bits per heavy atom. The van der Waals surface area contributed by atoms with Crippen LogP contribution in [0.25, 0.3) is 89.7 Å². The molecule has 7 aromatic rings. The van der Waals surface area contributed by atoms with Gasteiger partial charge in [-0.15, -0.1) is 0 Å². The van der Waals surface area contributed by atoms with Crippen molar-refractivity contribution in [2.45, 2.75) is 19.6 Å². The largest absolute Gasteiger partial charge is 0.324 e. The lowest BCUT2D eigenvalue weighted by Crippen LogP contribution is -2.22. The van der Waals surface area contributed by atoms with Gasteiger partial charge in [0.05, 0.1) is 19.6 Å². The van der Waals surface area contributed by atoms with Crippen molar-refractivity contribution < 1.29 is 33.7 Å². The molecule has 0 spiro atoms. The molecule has 5 heterocycles.